The van der Waals surface area contributed by atoms with Crippen LogP contribution in [-0.2, 0) is 10.0 Å². The van der Waals surface area contributed by atoms with Gasteiger partial charge in [-0.05, 0) is 41.8 Å². The minimum absolute atomic E-state index is 0.00170. The van der Waals surface area contributed by atoms with Crippen LogP contribution >= 0.6 is 22.9 Å². The maximum absolute atomic E-state index is 12.8. The Hall–Kier alpha value is -3.48. The fourth-order valence-electron chi connectivity index (χ4n) is 2.85. The van der Waals surface area contributed by atoms with E-state index in [-0.39, 0.29) is 25.7 Å². The lowest BCUT2D eigenvalue weighted by Gasteiger charge is -2.09. The molecule has 3 aromatic heterocycles. The molecule has 0 aliphatic rings. The number of hydrogen-bond donors (Lipinski definition) is 3. The number of fused-ring (bicyclic) bond motifs is 1. The van der Waals surface area contributed by atoms with Gasteiger partial charge in [0.2, 0.25) is 0 Å². The van der Waals surface area contributed by atoms with Gasteiger partial charge < -0.3 is 5.32 Å². The number of aromatic nitrogens is 3. The summed E-state index contributed by atoms with van der Waals surface area (Å²) in [6.07, 6.45) is 4.08. The molecule has 0 fully saturated rings. The van der Waals surface area contributed by atoms with Crippen LogP contribution in [0, 0.1) is 0 Å². The van der Waals surface area contributed by atoms with Crippen molar-refractivity contribution in [2.75, 3.05) is 17.7 Å². The van der Waals surface area contributed by atoms with E-state index >= 15 is 0 Å². The monoisotopic (exact) mass is 490 g/mol. The van der Waals surface area contributed by atoms with Gasteiger partial charge in [0, 0.05) is 24.3 Å². The lowest BCUT2D eigenvalue weighted by atomic mass is 10.1. The Morgan fingerprint density at radius 1 is 1.12 bits per heavy atom. The summed E-state index contributed by atoms with van der Waals surface area (Å²) in [6.45, 7) is 0. The van der Waals surface area contributed by atoms with E-state index in [1.807, 2.05) is 10.8 Å². The normalized spacial score (nSPS) is 11.3. The zero-order valence-electron chi connectivity index (χ0n) is 16.4. The molecule has 0 atom stereocenters. The molecule has 3 N–H and O–H groups in total. The van der Waals surface area contributed by atoms with Gasteiger partial charge in [0.05, 0.1) is 16.7 Å². The van der Waals surface area contributed by atoms with Gasteiger partial charge in [0.15, 0.2) is 11.6 Å². The number of rotatable bonds is 5. The van der Waals surface area contributed by atoms with Crippen molar-refractivity contribution in [3.8, 4) is 5.82 Å². The van der Waals surface area contributed by atoms with Crippen LogP contribution in [-0.4, -0.2) is 36.0 Å². The SMILES string of the molecule is CNc1ccc2c(=O)n(-c3cnc(NC(=O)NS(=O)(=O)c4ccc(Cl)s4)cn3)ccc2c1. The standard InChI is InChI=1S/C19H15ClN6O4S2/c1-21-12-2-3-13-11(8-12)6-7-26(18(13)27)16-10-22-15(9-23-16)24-19(28)25-32(29,30)17-5-4-14(20)31-17/h2-10,21H,1H3,(H2,22,24,25,28). The Morgan fingerprint density at radius 2 is 1.94 bits per heavy atom. The van der Waals surface area contributed by atoms with Crippen LogP contribution < -0.4 is 20.9 Å². The first-order valence-corrected chi connectivity index (χ1v) is 11.7. The van der Waals surface area contributed by atoms with Crippen molar-refractivity contribution < 1.29 is 13.2 Å². The lowest BCUT2D eigenvalue weighted by Crippen LogP contribution is -2.34. The van der Waals surface area contributed by atoms with Crippen LogP contribution in [0.2, 0.25) is 4.34 Å². The van der Waals surface area contributed by atoms with E-state index in [1.54, 1.807) is 31.4 Å². The second-order valence-corrected chi connectivity index (χ2v) is 10.0. The van der Waals surface area contributed by atoms with E-state index in [2.05, 4.69) is 20.6 Å². The molecule has 0 unspecified atom stereocenters. The molecule has 10 nitrogen and oxygen atoms in total. The van der Waals surface area contributed by atoms with Gasteiger partial charge in [-0.3, -0.25) is 14.7 Å². The molecule has 1 aromatic carbocycles. The average Bonchev–Trinajstić information content (AvgIpc) is 3.21. The van der Waals surface area contributed by atoms with E-state index in [0.717, 1.165) is 22.4 Å². The summed E-state index contributed by atoms with van der Waals surface area (Å²) in [5.41, 5.74) is 0.603. The van der Waals surface area contributed by atoms with E-state index in [9.17, 15) is 18.0 Å². The fourth-order valence-corrected chi connectivity index (χ4v) is 5.24. The van der Waals surface area contributed by atoms with E-state index < -0.39 is 16.1 Å². The third-order valence-electron chi connectivity index (χ3n) is 4.36. The van der Waals surface area contributed by atoms with Crippen molar-refractivity contribution in [3.05, 3.63) is 69.7 Å². The molecule has 32 heavy (non-hydrogen) atoms. The van der Waals surface area contributed by atoms with Crippen LogP contribution in [0.3, 0.4) is 0 Å². The second-order valence-electron chi connectivity index (χ2n) is 6.42. The predicted molar refractivity (Wildman–Crippen MR) is 123 cm³/mol. The van der Waals surface area contributed by atoms with E-state index in [1.165, 1.54) is 29.1 Å². The summed E-state index contributed by atoms with van der Waals surface area (Å²) in [5.74, 6) is 0.236. The predicted octanol–water partition coefficient (Wildman–Crippen LogP) is 3.05. The van der Waals surface area contributed by atoms with Crippen LogP contribution in [0.25, 0.3) is 16.6 Å². The molecule has 0 spiro atoms. The van der Waals surface area contributed by atoms with Gasteiger partial charge in [-0.1, -0.05) is 11.6 Å². The third-order valence-corrected chi connectivity index (χ3v) is 7.41. The number of thiophene rings is 1. The van der Waals surface area contributed by atoms with Crippen molar-refractivity contribution in [1.82, 2.24) is 19.3 Å². The minimum atomic E-state index is -4.07. The average molecular weight is 491 g/mol. The maximum atomic E-state index is 12.8. The number of nitrogens with one attached hydrogen (secondary N) is 3. The molecular weight excluding hydrogens is 476 g/mol. The number of halogens is 1. The third kappa shape index (κ3) is 4.42. The highest BCUT2D eigenvalue weighted by molar-refractivity contribution is 7.92. The number of hydrogen-bond acceptors (Lipinski definition) is 8. The van der Waals surface area contributed by atoms with Crippen LogP contribution in [0.5, 0.6) is 0 Å². The summed E-state index contributed by atoms with van der Waals surface area (Å²) in [7, 11) is -2.27. The van der Waals surface area contributed by atoms with E-state index in [0.29, 0.717) is 5.39 Å². The fraction of sp³-hybridized carbons (Fsp3) is 0.0526. The smallest absolute Gasteiger partial charge is 0.334 e. The minimum Gasteiger partial charge on any atom is -0.388 e. The van der Waals surface area contributed by atoms with Gasteiger partial charge in [0.1, 0.15) is 4.21 Å². The highest BCUT2D eigenvalue weighted by Crippen LogP contribution is 2.25. The van der Waals surface area contributed by atoms with Crippen LogP contribution in [0.1, 0.15) is 0 Å². The zero-order valence-corrected chi connectivity index (χ0v) is 18.8. The summed E-state index contributed by atoms with van der Waals surface area (Å²) < 4.78 is 27.7. The Labute approximate surface area is 191 Å². The quantitative estimate of drug-likeness (QED) is 0.391. The molecule has 13 heteroatoms. The molecule has 164 valence electrons. The number of anilines is 2. The number of amides is 2. The van der Waals surface area contributed by atoms with Crippen molar-refractivity contribution >= 4 is 61.3 Å². The van der Waals surface area contributed by atoms with Gasteiger partial charge in [-0.2, -0.15) is 0 Å². The zero-order chi connectivity index (χ0) is 22.9. The molecular formula is C19H15ClN6O4S2. The number of sulfonamides is 1. The van der Waals surface area contributed by atoms with Crippen LogP contribution in [0.15, 0.2) is 64.0 Å². The maximum Gasteiger partial charge on any atom is 0.334 e. The van der Waals surface area contributed by atoms with Gasteiger partial charge in [-0.25, -0.2) is 27.9 Å². The molecule has 4 aromatic rings. The number of benzene rings is 1. The number of carbonyl (C=O) groups is 1. The Bertz CT molecular complexity index is 1480. The summed E-state index contributed by atoms with van der Waals surface area (Å²) in [5, 5.41) is 6.58. The summed E-state index contributed by atoms with van der Waals surface area (Å²) in [4.78, 5) is 33.0. The van der Waals surface area contributed by atoms with E-state index in [4.69, 9.17) is 11.6 Å². The number of urea groups is 1. The first-order valence-electron chi connectivity index (χ1n) is 9.01. The first kappa shape index (κ1) is 21.7. The second kappa shape index (κ2) is 8.57. The number of carbonyl (C=O) groups excluding carboxylic acids is 1. The molecule has 0 aliphatic carbocycles. The first-order chi connectivity index (χ1) is 15.3. The molecule has 3 heterocycles. The molecule has 0 saturated heterocycles. The largest absolute Gasteiger partial charge is 0.388 e. The molecule has 0 aliphatic heterocycles. The van der Waals surface area contributed by atoms with Gasteiger partial charge in [-0.15, -0.1) is 11.3 Å². The van der Waals surface area contributed by atoms with Crippen molar-refractivity contribution in [2.24, 2.45) is 0 Å². The number of pyridine rings is 1. The Balaban J connectivity index is 1.51. The van der Waals surface area contributed by atoms with Crippen molar-refractivity contribution in [3.63, 3.8) is 0 Å². The topological polar surface area (TPSA) is 135 Å². The Morgan fingerprint density at radius 3 is 2.59 bits per heavy atom. The molecule has 0 bridgehead atoms. The van der Waals surface area contributed by atoms with Crippen molar-refractivity contribution in [2.45, 2.75) is 4.21 Å². The van der Waals surface area contributed by atoms with Crippen LogP contribution in [0.4, 0.5) is 16.3 Å². The molecule has 0 saturated carbocycles. The summed E-state index contributed by atoms with van der Waals surface area (Å²) in [6, 6.07) is 8.84. The molecule has 0 radical (unpaired) electrons. The summed E-state index contributed by atoms with van der Waals surface area (Å²) >= 11 is 6.55. The Kier molecular flexibility index (Phi) is 5.82. The van der Waals surface area contributed by atoms with Gasteiger partial charge >= 0.3 is 6.03 Å². The molecule has 4 rings (SSSR count). The lowest BCUT2D eigenvalue weighted by molar-refractivity contribution is 0.256. The van der Waals surface area contributed by atoms with Crippen molar-refractivity contribution in [1.29, 1.82) is 0 Å². The highest BCUT2D eigenvalue weighted by atomic mass is 35.5. The van der Waals surface area contributed by atoms with Gasteiger partial charge in [0.25, 0.3) is 15.6 Å². The molecule has 2 amide bonds. The number of nitrogens with zero attached hydrogens (tertiary/aromatic N) is 3. The highest BCUT2D eigenvalue weighted by Gasteiger charge is 2.20.